The van der Waals surface area contributed by atoms with Crippen LogP contribution in [0.4, 0.5) is 5.69 Å². The molecule has 0 unspecified atom stereocenters. The van der Waals surface area contributed by atoms with Gasteiger partial charge in [0.15, 0.2) is 5.69 Å². The van der Waals surface area contributed by atoms with E-state index >= 15 is 0 Å². The topological polar surface area (TPSA) is 57.8 Å². The maximum absolute atomic E-state index is 12.0. The van der Waals surface area contributed by atoms with Crippen LogP contribution in [0.25, 0.3) is 0 Å². The molecule has 19 heavy (non-hydrogen) atoms. The van der Waals surface area contributed by atoms with Crippen molar-refractivity contribution in [3.05, 3.63) is 47.3 Å². The second kappa shape index (κ2) is 6.18. The number of aryl methyl sites for hydroxylation is 2. The number of nitrogens with zero attached hydrogens (tertiary/aromatic N) is 1. The van der Waals surface area contributed by atoms with Gasteiger partial charge >= 0.3 is 0 Å². The SMILES string of the molecule is CCCc1cc(C(=O)Nc2ccc(CC)cc2)n[nH]1. The summed E-state index contributed by atoms with van der Waals surface area (Å²) in [4.78, 5) is 12.0. The molecule has 0 saturated carbocycles. The van der Waals surface area contributed by atoms with Crippen molar-refractivity contribution < 1.29 is 4.79 Å². The van der Waals surface area contributed by atoms with E-state index in [1.165, 1.54) is 5.56 Å². The third kappa shape index (κ3) is 3.44. The first-order valence-corrected chi connectivity index (χ1v) is 6.67. The van der Waals surface area contributed by atoms with Crippen LogP contribution < -0.4 is 5.32 Å². The number of hydrogen-bond donors (Lipinski definition) is 2. The number of hydrogen-bond acceptors (Lipinski definition) is 2. The molecule has 0 bridgehead atoms. The summed E-state index contributed by atoms with van der Waals surface area (Å²) in [6.45, 7) is 4.20. The Morgan fingerprint density at radius 2 is 2.00 bits per heavy atom. The molecule has 1 aromatic carbocycles. The Labute approximate surface area is 113 Å². The molecule has 1 aromatic heterocycles. The van der Waals surface area contributed by atoms with Crippen LogP contribution in [-0.4, -0.2) is 16.1 Å². The van der Waals surface area contributed by atoms with Gasteiger partial charge in [-0.3, -0.25) is 9.89 Å². The highest BCUT2D eigenvalue weighted by molar-refractivity contribution is 6.02. The maximum Gasteiger partial charge on any atom is 0.276 e. The van der Waals surface area contributed by atoms with Gasteiger partial charge in [-0.2, -0.15) is 5.10 Å². The molecule has 1 heterocycles. The molecule has 2 rings (SSSR count). The minimum Gasteiger partial charge on any atom is -0.321 e. The average molecular weight is 257 g/mol. The zero-order chi connectivity index (χ0) is 13.7. The monoisotopic (exact) mass is 257 g/mol. The fourth-order valence-corrected chi connectivity index (χ4v) is 1.89. The van der Waals surface area contributed by atoms with Crippen LogP contribution in [-0.2, 0) is 12.8 Å². The van der Waals surface area contributed by atoms with Crippen molar-refractivity contribution in [1.82, 2.24) is 10.2 Å². The van der Waals surface area contributed by atoms with Crippen molar-refractivity contribution >= 4 is 11.6 Å². The van der Waals surface area contributed by atoms with E-state index in [0.717, 1.165) is 30.6 Å². The number of rotatable bonds is 5. The maximum atomic E-state index is 12.0. The number of carbonyl (C=O) groups is 1. The smallest absolute Gasteiger partial charge is 0.276 e. The molecule has 0 saturated heterocycles. The molecule has 0 atom stereocenters. The second-order valence-electron chi connectivity index (χ2n) is 4.53. The largest absolute Gasteiger partial charge is 0.321 e. The highest BCUT2D eigenvalue weighted by atomic mass is 16.1. The summed E-state index contributed by atoms with van der Waals surface area (Å²) in [5.74, 6) is -0.178. The molecule has 2 aromatic rings. The predicted octanol–water partition coefficient (Wildman–Crippen LogP) is 3.18. The van der Waals surface area contributed by atoms with E-state index in [1.807, 2.05) is 24.3 Å². The van der Waals surface area contributed by atoms with Crippen LogP contribution in [0, 0.1) is 0 Å². The normalized spacial score (nSPS) is 10.4. The average Bonchev–Trinajstić information content (AvgIpc) is 2.89. The Morgan fingerprint density at radius 3 is 2.63 bits per heavy atom. The molecule has 100 valence electrons. The Balaban J connectivity index is 2.02. The fraction of sp³-hybridized carbons (Fsp3) is 0.333. The van der Waals surface area contributed by atoms with Crippen molar-refractivity contribution in [3.8, 4) is 0 Å². The van der Waals surface area contributed by atoms with Crippen molar-refractivity contribution in [1.29, 1.82) is 0 Å². The van der Waals surface area contributed by atoms with E-state index in [4.69, 9.17) is 0 Å². The first-order chi connectivity index (χ1) is 9.22. The molecule has 4 heteroatoms. The highest BCUT2D eigenvalue weighted by Crippen LogP contribution is 2.11. The van der Waals surface area contributed by atoms with Crippen LogP contribution >= 0.6 is 0 Å². The third-order valence-corrected chi connectivity index (χ3v) is 3.00. The van der Waals surface area contributed by atoms with Gasteiger partial charge in [0.2, 0.25) is 0 Å². The molecular weight excluding hydrogens is 238 g/mol. The van der Waals surface area contributed by atoms with Crippen molar-refractivity contribution in [2.45, 2.75) is 33.1 Å². The lowest BCUT2D eigenvalue weighted by atomic mass is 10.1. The highest BCUT2D eigenvalue weighted by Gasteiger charge is 2.10. The summed E-state index contributed by atoms with van der Waals surface area (Å²) in [6, 6.07) is 9.66. The number of anilines is 1. The first kappa shape index (κ1) is 13.3. The number of H-pyrrole nitrogens is 1. The third-order valence-electron chi connectivity index (χ3n) is 3.00. The van der Waals surface area contributed by atoms with Gasteiger partial charge in [-0.1, -0.05) is 32.4 Å². The van der Waals surface area contributed by atoms with E-state index in [-0.39, 0.29) is 5.91 Å². The Bertz CT molecular complexity index is 543. The molecule has 0 aliphatic heterocycles. The Kier molecular flexibility index (Phi) is 4.34. The molecule has 0 spiro atoms. The van der Waals surface area contributed by atoms with E-state index in [9.17, 15) is 4.79 Å². The summed E-state index contributed by atoms with van der Waals surface area (Å²) in [5.41, 5.74) is 3.47. The molecular formula is C15H19N3O. The molecule has 0 fully saturated rings. The van der Waals surface area contributed by atoms with E-state index in [2.05, 4.69) is 29.4 Å². The van der Waals surface area contributed by atoms with E-state index in [1.54, 1.807) is 6.07 Å². The van der Waals surface area contributed by atoms with Crippen molar-refractivity contribution in [3.63, 3.8) is 0 Å². The zero-order valence-electron chi connectivity index (χ0n) is 11.4. The van der Waals surface area contributed by atoms with Gasteiger partial charge < -0.3 is 5.32 Å². The number of nitrogens with one attached hydrogen (secondary N) is 2. The standard InChI is InChI=1S/C15H19N3O/c1-3-5-13-10-14(18-17-13)15(19)16-12-8-6-11(4-2)7-9-12/h6-10H,3-5H2,1-2H3,(H,16,19)(H,17,18). The van der Waals surface area contributed by atoms with Crippen LogP contribution in [0.3, 0.4) is 0 Å². The molecule has 0 radical (unpaired) electrons. The molecule has 0 aliphatic rings. The van der Waals surface area contributed by atoms with Crippen LogP contribution in [0.2, 0.25) is 0 Å². The Hall–Kier alpha value is -2.10. The summed E-state index contributed by atoms with van der Waals surface area (Å²) in [6.07, 6.45) is 2.93. The number of aromatic amines is 1. The second-order valence-corrected chi connectivity index (χ2v) is 4.53. The van der Waals surface area contributed by atoms with Gasteiger partial charge in [0.05, 0.1) is 0 Å². The van der Waals surface area contributed by atoms with Crippen LogP contribution in [0.15, 0.2) is 30.3 Å². The van der Waals surface area contributed by atoms with Crippen molar-refractivity contribution in [2.24, 2.45) is 0 Å². The van der Waals surface area contributed by atoms with Crippen molar-refractivity contribution in [2.75, 3.05) is 5.32 Å². The lowest BCUT2D eigenvalue weighted by Crippen LogP contribution is -2.12. The summed E-state index contributed by atoms with van der Waals surface area (Å²) < 4.78 is 0. The first-order valence-electron chi connectivity index (χ1n) is 6.67. The summed E-state index contributed by atoms with van der Waals surface area (Å²) >= 11 is 0. The van der Waals surface area contributed by atoms with Crippen LogP contribution in [0.5, 0.6) is 0 Å². The number of carbonyl (C=O) groups excluding carboxylic acids is 1. The number of aromatic nitrogens is 2. The number of amides is 1. The predicted molar refractivity (Wildman–Crippen MR) is 76.4 cm³/mol. The fourth-order valence-electron chi connectivity index (χ4n) is 1.89. The molecule has 2 N–H and O–H groups in total. The van der Waals surface area contributed by atoms with Gasteiger partial charge in [-0.05, 0) is 36.6 Å². The lowest BCUT2D eigenvalue weighted by molar-refractivity contribution is 0.102. The lowest BCUT2D eigenvalue weighted by Gasteiger charge is -2.03. The number of benzene rings is 1. The van der Waals surface area contributed by atoms with Gasteiger partial charge in [-0.15, -0.1) is 0 Å². The summed E-state index contributed by atoms with van der Waals surface area (Å²) in [7, 11) is 0. The molecule has 1 amide bonds. The minimum absolute atomic E-state index is 0.178. The van der Waals surface area contributed by atoms with Gasteiger partial charge in [0.1, 0.15) is 0 Å². The van der Waals surface area contributed by atoms with Crippen LogP contribution in [0.1, 0.15) is 42.0 Å². The Morgan fingerprint density at radius 1 is 1.26 bits per heavy atom. The molecule has 4 nitrogen and oxygen atoms in total. The van der Waals surface area contributed by atoms with E-state index < -0.39 is 0 Å². The zero-order valence-corrected chi connectivity index (χ0v) is 11.4. The van der Waals surface area contributed by atoms with Gasteiger partial charge in [0, 0.05) is 11.4 Å². The van der Waals surface area contributed by atoms with Gasteiger partial charge in [0.25, 0.3) is 5.91 Å². The summed E-state index contributed by atoms with van der Waals surface area (Å²) in [5, 5.41) is 9.75. The molecule has 0 aliphatic carbocycles. The van der Waals surface area contributed by atoms with E-state index in [0.29, 0.717) is 5.69 Å². The van der Waals surface area contributed by atoms with Gasteiger partial charge in [-0.25, -0.2) is 0 Å². The minimum atomic E-state index is -0.178. The quantitative estimate of drug-likeness (QED) is 0.864.